The minimum absolute atomic E-state index is 0.188. The van der Waals surface area contributed by atoms with Gasteiger partial charge in [-0.2, -0.15) is 0 Å². The molecule has 1 amide bonds. The van der Waals surface area contributed by atoms with E-state index in [4.69, 9.17) is 17.3 Å². The van der Waals surface area contributed by atoms with Crippen molar-refractivity contribution in [2.24, 2.45) is 5.73 Å². The van der Waals surface area contributed by atoms with Gasteiger partial charge in [0.25, 0.3) is 0 Å². The number of benzene rings is 2. The summed E-state index contributed by atoms with van der Waals surface area (Å²) in [6.07, 6.45) is 0. The van der Waals surface area contributed by atoms with E-state index in [1.54, 1.807) is 24.1 Å². The van der Waals surface area contributed by atoms with Crippen LogP contribution in [0.25, 0.3) is 0 Å². The quantitative estimate of drug-likeness (QED) is 0.922. The predicted molar refractivity (Wildman–Crippen MR) is 81.3 cm³/mol. The van der Waals surface area contributed by atoms with E-state index < -0.39 is 17.8 Å². The van der Waals surface area contributed by atoms with Gasteiger partial charge in [0.1, 0.15) is 11.9 Å². The molecule has 0 saturated carbocycles. The summed E-state index contributed by atoms with van der Waals surface area (Å²) in [7, 11) is 1.71. The van der Waals surface area contributed by atoms with Crippen LogP contribution in [0.15, 0.2) is 48.5 Å². The third-order valence-corrected chi connectivity index (χ3v) is 3.65. The van der Waals surface area contributed by atoms with E-state index in [1.165, 1.54) is 6.07 Å². The van der Waals surface area contributed by atoms with Gasteiger partial charge in [0.05, 0.1) is 0 Å². The highest BCUT2D eigenvalue weighted by Crippen LogP contribution is 2.25. The van der Waals surface area contributed by atoms with E-state index >= 15 is 0 Å². The Morgan fingerprint density at radius 1 is 1.24 bits per heavy atom. The van der Waals surface area contributed by atoms with Crippen LogP contribution < -0.4 is 5.73 Å². The lowest BCUT2D eigenvalue weighted by atomic mass is 10.0. The number of hydrogen-bond donors (Lipinski definition) is 1. The Bertz CT molecular complexity index is 613. The van der Waals surface area contributed by atoms with Crippen LogP contribution in [0, 0.1) is 5.82 Å². The van der Waals surface area contributed by atoms with Crippen LogP contribution in [0.1, 0.15) is 17.2 Å². The van der Waals surface area contributed by atoms with E-state index in [0.717, 1.165) is 5.56 Å². The lowest BCUT2D eigenvalue weighted by molar-refractivity contribution is -0.123. The van der Waals surface area contributed by atoms with Crippen molar-refractivity contribution in [3.05, 3.63) is 70.5 Å². The van der Waals surface area contributed by atoms with Gasteiger partial charge in [-0.3, -0.25) is 9.69 Å². The molecule has 0 saturated heterocycles. The van der Waals surface area contributed by atoms with Crippen molar-refractivity contribution in [3.63, 3.8) is 0 Å². The molecule has 110 valence electrons. The molecule has 2 rings (SSSR count). The van der Waals surface area contributed by atoms with Crippen molar-refractivity contribution in [2.75, 3.05) is 7.05 Å². The zero-order chi connectivity index (χ0) is 15.4. The number of likely N-dealkylation sites (N-methyl/N-ethyl adjacent to an activating group) is 1. The lowest BCUT2D eigenvalue weighted by Crippen LogP contribution is -2.35. The molecule has 2 aromatic carbocycles. The van der Waals surface area contributed by atoms with E-state index in [1.807, 2.05) is 30.3 Å². The normalized spacial score (nSPS) is 12.4. The van der Waals surface area contributed by atoms with Crippen LogP contribution in [0.2, 0.25) is 5.02 Å². The molecule has 0 fully saturated rings. The summed E-state index contributed by atoms with van der Waals surface area (Å²) in [5.41, 5.74) is 6.61. The standard InChI is InChI=1S/C16H16ClFN2O/c1-20(10-12-13(17)8-5-9-14(12)18)15(16(19)21)11-6-3-2-4-7-11/h2-9,15H,10H2,1H3,(H2,19,21)/t15-/m1/s1. The summed E-state index contributed by atoms with van der Waals surface area (Å²) in [6.45, 7) is 0.188. The first-order valence-electron chi connectivity index (χ1n) is 6.48. The summed E-state index contributed by atoms with van der Waals surface area (Å²) in [4.78, 5) is 13.4. The van der Waals surface area contributed by atoms with E-state index in [9.17, 15) is 9.18 Å². The zero-order valence-corrected chi connectivity index (χ0v) is 12.3. The Balaban J connectivity index is 2.28. The fraction of sp³-hybridized carbons (Fsp3) is 0.188. The largest absolute Gasteiger partial charge is 0.368 e. The molecule has 0 spiro atoms. The van der Waals surface area contributed by atoms with Gasteiger partial charge in [0, 0.05) is 17.1 Å². The molecule has 0 aliphatic rings. The van der Waals surface area contributed by atoms with Crippen molar-refractivity contribution in [1.82, 2.24) is 4.90 Å². The molecule has 0 aromatic heterocycles. The van der Waals surface area contributed by atoms with Crippen molar-refractivity contribution in [2.45, 2.75) is 12.6 Å². The number of carbonyl (C=O) groups is 1. The van der Waals surface area contributed by atoms with E-state index in [2.05, 4.69) is 0 Å². The molecule has 1 atom stereocenters. The zero-order valence-electron chi connectivity index (χ0n) is 11.6. The highest BCUT2D eigenvalue weighted by Gasteiger charge is 2.24. The fourth-order valence-corrected chi connectivity index (χ4v) is 2.52. The summed E-state index contributed by atoms with van der Waals surface area (Å²) in [5.74, 6) is -0.887. The molecule has 0 unspecified atom stereocenters. The first-order chi connectivity index (χ1) is 10.0. The fourth-order valence-electron chi connectivity index (χ4n) is 2.30. The topological polar surface area (TPSA) is 46.3 Å². The van der Waals surface area contributed by atoms with Crippen LogP contribution in [-0.4, -0.2) is 17.9 Å². The summed E-state index contributed by atoms with van der Waals surface area (Å²) >= 11 is 6.02. The SMILES string of the molecule is CN(Cc1c(F)cccc1Cl)[C@@H](C(N)=O)c1ccccc1. The summed E-state index contributed by atoms with van der Waals surface area (Å²) in [6, 6.07) is 13.0. The number of rotatable bonds is 5. The van der Waals surface area contributed by atoms with Crippen LogP contribution in [0.5, 0.6) is 0 Å². The number of halogens is 2. The Kier molecular flexibility index (Phi) is 4.94. The molecule has 5 heteroatoms. The van der Waals surface area contributed by atoms with E-state index in [-0.39, 0.29) is 6.54 Å². The van der Waals surface area contributed by atoms with Crippen LogP contribution in [0.3, 0.4) is 0 Å². The predicted octanol–water partition coefficient (Wildman–Crippen LogP) is 3.14. The molecule has 0 heterocycles. The van der Waals surface area contributed by atoms with Gasteiger partial charge in [-0.15, -0.1) is 0 Å². The van der Waals surface area contributed by atoms with Gasteiger partial charge in [0.15, 0.2) is 0 Å². The van der Waals surface area contributed by atoms with Crippen LogP contribution in [0.4, 0.5) is 4.39 Å². The molecule has 2 N–H and O–H groups in total. The maximum Gasteiger partial charge on any atom is 0.239 e. The smallest absolute Gasteiger partial charge is 0.239 e. The van der Waals surface area contributed by atoms with Crippen molar-refractivity contribution >= 4 is 17.5 Å². The first kappa shape index (κ1) is 15.5. The molecule has 0 bridgehead atoms. The van der Waals surface area contributed by atoms with Crippen molar-refractivity contribution in [3.8, 4) is 0 Å². The minimum atomic E-state index is -0.637. The monoisotopic (exact) mass is 306 g/mol. The number of hydrogen-bond acceptors (Lipinski definition) is 2. The maximum atomic E-state index is 13.9. The highest BCUT2D eigenvalue weighted by atomic mass is 35.5. The second kappa shape index (κ2) is 6.70. The first-order valence-corrected chi connectivity index (χ1v) is 6.86. The van der Waals surface area contributed by atoms with Crippen LogP contribution in [-0.2, 0) is 11.3 Å². The second-order valence-electron chi connectivity index (χ2n) is 4.83. The molecule has 0 aliphatic carbocycles. The Labute approximate surface area is 128 Å². The number of carbonyl (C=O) groups excluding carboxylic acids is 1. The molecular weight excluding hydrogens is 291 g/mol. The minimum Gasteiger partial charge on any atom is -0.368 e. The van der Waals surface area contributed by atoms with Crippen LogP contribution >= 0.6 is 11.6 Å². The maximum absolute atomic E-state index is 13.9. The second-order valence-corrected chi connectivity index (χ2v) is 5.24. The average Bonchev–Trinajstić information content (AvgIpc) is 2.44. The molecular formula is C16H16ClFN2O. The third kappa shape index (κ3) is 3.60. The van der Waals surface area contributed by atoms with Crippen molar-refractivity contribution in [1.29, 1.82) is 0 Å². The number of primary amides is 1. The highest BCUT2D eigenvalue weighted by molar-refractivity contribution is 6.31. The van der Waals surface area contributed by atoms with E-state index in [0.29, 0.717) is 10.6 Å². The number of amides is 1. The Morgan fingerprint density at radius 3 is 2.48 bits per heavy atom. The molecule has 21 heavy (non-hydrogen) atoms. The number of nitrogens with zero attached hydrogens (tertiary/aromatic N) is 1. The third-order valence-electron chi connectivity index (χ3n) is 3.29. The summed E-state index contributed by atoms with van der Waals surface area (Å²) in [5, 5.41) is 0.332. The molecule has 0 radical (unpaired) electrons. The molecule has 2 aromatic rings. The average molecular weight is 307 g/mol. The number of nitrogens with two attached hydrogens (primary N) is 1. The summed E-state index contributed by atoms with van der Waals surface area (Å²) < 4.78 is 13.9. The molecule has 0 aliphatic heterocycles. The lowest BCUT2D eigenvalue weighted by Gasteiger charge is -2.26. The van der Waals surface area contributed by atoms with Gasteiger partial charge in [-0.25, -0.2) is 4.39 Å². The van der Waals surface area contributed by atoms with Gasteiger partial charge in [-0.1, -0.05) is 48.0 Å². The van der Waals surface area contributed by atoms with Gasteiger partial charge in [-0.05, 0) is 24.7 Å². The van der Waals surface area contributed by atoms with Gasteiger partial charge < -0.3 is 5.73 Å². The van der Waals surface area contributed by atoms with Gasteiger partial charge in [0.2, 0.25) is 5.91 Å². The Morgan fingerprint density at radius 2 is 1.90 bits per heavy atom. The van der Waals surface area contributed by atoms with Gasteiger partial charge >= 0.3 is 0 Å². The Hall–Kier alpha value is -1.91. The van der Waals surface area contributed by atoms with Crippen molar-refractivity contribution < 1.29 is 9.18 Å². The molecule has 3 nitrogen and oxygen atoms in total.